The predicted octanol–water partition coefficient (Wildman–Crippen LogP) is -0.486. The van der Waals surface area contributed by atoms with Crippen molar-refractivity contribution in [3.63, 3.8) is 0 Å². The first-order valence-electron chi connectivity index (χ1n) is 6.84. The molecule has 1 fully saturated rings. The van der Waals surface area contributed by atoms with E-state index in [4.69, 9.17) is 14.6 Å². The van der Waals surface area contributed by atoms with Crippen LogP contribution in [-0.4, -0.2) is 86.4 Å². The fourth-order valence-electron chi connectivity index (χ4n) is 2.03. The largest absolute Gasteiger partial charge is 0.481 e. The van der Waals surface area contributed by atoms with Crippen LogP contribution in [0, 0.1) is 5.92 Å². The Morgan fingerprint density at radius 3 is 2.60 bits per heavy atom. The lowest BCUT2D eigenvalue weighted by molar-refractivity contribution is -0.144. The van der Waals surface area contributed by atoms with Gasteiger partial charge in [0, 0.05) is 39.8 Å². The van der Waals surface area contributed by atoms with Crippen LogP contribution in [-0.2, 0) is 19.1 Å². The number of methoxy groups -OCH3 is 1. The summed E-state index contributed by atoms with van der Waals surface area (Å²) in [5.74, 6) is -1.65. The minimum Gasteiger partial charge on any atom is -0.481 e. The molecule has 7 nitrogen and oxygen atoms in total. The number of carbonyl (C=O) groups excluding carboxylic acids is 1. The monoisotopic (exact) mass is 288 g/mol. The topological polar surface area (TPSA) is 79.3 Å². The van der Waals surface area contributed by atoms with Crippen molar-refractivity contribution in [3.05, 3.63) is 0 Å². The summed E-state index contributed by atoms with van der Waals surface area (Å²) in [5, 5.41) is 8.96. The number of carbonyl (C=O) groups is 2. The Morgan fingerprint density at radius 2 is 2.05 bits per heavy atom. The third kappa shape index (κ3) is 5.85. The number of rotatable bonds is 8. The molecule has 0 radical (unpaired) electrons. The maximum absolute atomic E-state index is 11.9. The summed E-state index contributed by atoms with van der Waals surface area (Å²) in [5.41, 5.74) is 0. The van der Waals surface area contributed by atoms with Gasteiger partial charge in [0.15, 0.2) is 0 Å². The van der Waals surface area contributed by atoms with E-state index in [0.717, 1.165) is 19.6 Å². The number of carboxylic acids is 1. The molecule has 1 saturated heterocycles. The van der Waals surface area contributed by atoms with E-state index in [1.165, 1.54) is 7.11 Å². The second-order valence-corrected chi connectivity index (χ2v) is 4.97. The van der Waals surface area contributed by atoms with Gasteiger partial charge in [-0.05, 0) is 0 Å². The van der Waals surface area contributed by atoms with Crippen LogP contribution in [0.5, 0.6) is 0 Å². The Morgan fingerprint density at radius 1 is 1.40 bits per heavy atom. The van der Waals surface area contributed by atoms with Gasteiger partial charge < -0.3 is 19.5 Å². The first-order valence-corrected chi connectivity index (χ1v) is 6.84. The summed E-state index contributed by atoms with van der Waals surface area (Å²) in [6, 6.07) is 0. The molecular formula is C13H24N2O5. The number of aliphatic carboxylic acids is 1. The lowest BCUT2D eigenvalue weighted by Crippen LogP contribution is -2.45. The molecule has 7 heteroatoms. The number of hydrogen-bond donors (Lipinski definition) is 1. The molecule has 1 amide bonds. The van der Waals surface area contributed by atoms with Crippen LogP contribution in [0.15, 0.2) is 0 Å². The summed E-state index contributed by atoms with van der Waals surface area (Å²) >= 11 is 0. The summed E-state index contributed by atoms with van der Waals surface area (Å²) in [6.07, 6.45) is 0. The third-order valence-electron chi connectivity index (χ3n) is 3.33. The minimum atomic E-state index is -0.897. The van der Waals surface area contributed by atoms with E-state index in [-0.39, 0.29) is 19.1 Å². The molecule has 1 rings (SSSR count). The number of morpholine rings is 1. The van der Waals surface area contributed by atoms with E-state index in [2.05, 4.69) is 4.90 Å². The number of carboxylic acid groups (broad SMARTS) is 1. The zero-order chi connectivity index (χ0) is 15.0. The van der Waals surface area contributed by atoms with Crippen molar-refractivity contribution in [2.45, 2.75) is 6.92 Å². The van der Waals surface area contributed by atoms with Gasteiger partial charge in [0.1, 0.15) is 6.61 Å². The van der Waals surface area contributed by atoms with E-state index >= 15 is 0 Å². The lowest BCUT2D eigenvalue weighted by atomic mass is 10.1. The molecule has 1 atom stereocenters. The Labute approximate surface area is 119 Å². The number of nitrogens with zero attached hydrogens (tertiary/aromatic N) is 2. The zero-order valence-electron chi connectivity index (χ0n) is 12.2. The molecule has 0 spiro atoms. The van der Waals surface area contributed by atoms with E-state index in [0.29, 0.717) is 19.8 Å². The van der Waals surface area contributed by atoms with E-state index in [1.807, 2.05) is 0 Å². The molecule has 1 aliphatic heterocycles. The van der Waals surface area contributed by atoms with Crippen molar-refractivity contribution in [1.29, 1.82) is 0 Å². The van der Waals surface area contributed by atoms with Gasteiger partial charge in [0.2, 0.25) is 5.91 Å². The van der Waals surface area contributed by atoms with Gasteiger partial charge in [-0.3, -0.25) is 14.5 Å². The molecule has 1 aliphatic rings. The molecule has 1 unspecified atom stereocenters. The van der Waals surface area contributed by atoms with Crippen molar-refractivity contribution in [3.8, 4) is 0 Å². The summed E-state index contributed by atoms with van der Waals surface area (Å²) in [6.45, 7) is 6.14. The highest BCUT2D eigenvalue weighted by Crippen LogP contribution is 2.03. The Hall–Kier alpha value is -1.18. The molecule has 0 saturated carbocycles. The van der Waals surface area contributed by atoms with Gasteiger partial charge in [-0.1, -0.05) is 6.92 Å². The molecule has 1 N–H and O–H groups in total. The maximum Gasteiger partial charge on any atom is 0.308 e. The number of amides is 1. The van der Waals surface area contributed by atoms with Crippen LogP contribution in [0.25, 0.3) is 0 Å². The Balaban J connectivity index is 2.48. The van der Waals surface area contributed by atoms with Gasteiger partial charge in [0.05, 0.1) is 19.1 Å². The molecule has 0 aromatic heterocycles. The van der Waals surface area contributed by atoms with E-state index in [9.17, 15) is 9.59 Å². The van der Waals surface area contributed by atoms with Gasteiger partial charge in [-0.2, -0.15) is 0 Å². The Kier molecular flexibility index (Phi) is 7.50. The highest BCUT2D eigenvalue weighted by Gasteiger charge is 2.21. The fraction of sp³-hybridized carbons (Fsp3) is 0.846. The summed E-state index contributed by atoms with van der Waals surface area (Å²) in [4.78, 5) is 26.6. The van der Waals surface area contributed by atoms with Gasteiger partial charge in [0.25, 0.3) is 0 Å². The van der Waals surface area contributed by atoms with Crippen LogP contribution in [0.3, 0.4) is 0 Å². The SMILES string of the molecule is COCC(=O)N(CCN1CCOCC1)CC(C)C(=O)O. The molecule has 0 bridgehead atoms. The molecule has 116 valence electrons. The van der Waals surface area contributed by atoms with Crippen molar-refractivity contribution in [2.75, 3.05) is 59.7 Å². The van der Waals surface area contributed by atoms with Crippen LogP contribution >= 0.6 is 0 Å². The first kappa shape index (κ1) is 16.9. The average molecular weight is 288 g/mol. The van der Waals surface area contributed by atoms with E-state index in [1.54, 1.807) is 11.8 Å². The predicted molar refractivity (Wildman–Crippen MR) is 72.5 cm³/mol. The summed E-state index contributed by atoms with van der Waals surface area (Å²) < 4.78 is 10.1. The van der Waals surface area contributed by atoms with Crippen molar-refractivity contribution >= 4 is 11.9 Å². The van der Waals surface area contributed by atoms with Gasteiger partial charge in [-0.15, -0.1) is 0 Å². The average Bonchev–Trinajstić information content (AvgIpc) is 2.44. The van der Waals surface area contributed by atoms with Crippen molar-refractivity contribution in [2.24, 2.45) is 5.92 Å². The van der Waals surface area contributed by atoms with Crippen LogP contribution < -0.4 is 0 Å². The van der Waals surface area contributed by atoms with Crippen LogP contribution in [0.2, 0.25) is 0 Å². The molecule has 0 aromatic rings. The van der Waals surface area contributed by atoms with Crippen LogP contribution in [0.4, 0.5) is 0 Å². The third-order valence-corrected chi connectivity index (χ3v) is 3.33. The molecule has 20 heavy (non-hydrogen) atoms. The second-order valence-electron chi connectivity index (χ2n) is 4.97. The lowest BCUT2D eigenvalue weighted by Gasteiger charge is -2.30. The van der Waals surface area contributed by atoms with Crippen molar-refractivity contribution in [1.82, 2.24) is 9.80 Å². The first-order chi connectivity index (χ1) is 9.54. The smallest absolute Gasteiger partial charge is 0.308 e. The number of hydrogen-bond acceptors (Lipinski definition) is 5. The minimum absolute atomic E-state index is 0.0184. The summed E-state index contributed by atoms with van der Waals surface area (Å²) in [7, 11) is 1.46. The Bertz CT molecular complexity index is 318. The normalized spacial score (nSPS) is 17.7. The quantitative estimate of drug-likeness (QED) is 0.649. The standard InChI is InChI=1S/C13H24N2O5/c1-11(13(17)18)9-15(12(16)10-19-2)4-3-14-5-7-20-8-6-14/h11H,3-10H2,1-2H3,(H,17,18). The van der Waals surface area contributed by atoms with Crippen molar-refractivity contribution < 1.29 is 24.2 Å². The highest BCUT2D eigenvalue weighted by molar-refractivity contribution is 5.78. The molecule has 0 aromatic carbocycles. The zero-order valence-corrected chi connectivity index (χ0v) is 12.2. The highest BCUT2D eigenvalue weighted by atomic mass is 16.5. The maximum atomic E-state index is 11.9. The number of ether oxygens (including phenoxy) is 2. The molecular weight excluding hydrogens is 264 g/mol. The molecule has 0 aliphatic carbocycles. The van der Waals surface area contributed by atoms with Crippen LogP contribution in [0.1, 0.15) is 6.92 Å². The van der Waals surface area contributed by atoms with Gasteiger partial charge >= 0.3 is 5.97 Å². The van der Waals surface area contributed by atoms with E-state index < -0.39 is 11.9 Å². The van der Waals surface area contributed by atoms with Gasteiger partial charge in [-0.25, -0.2) is 0 Å². The second kappa shape index (κ2) is 8.89. The molecule has 1 heterocycles. The fourth-order valence-corrected chi connectivity index (χ4v) is 2.03.